The van der Waals surface area contributed by atoms with Crippen molar-refractivity contribution in [3.63, 3.8) is 0 Å². The number of carbonyl (C=O) groups excluding carboxylic acids is 2. The SMILES string of the molecule is COc1cccc(N2C[C@@H](C(=O)NC[C@@H]3CCCN4CCCC[C@@H]34)CC2=O)c1. The number of ether oxygens (including phenoxy) is 1. The molecule has 6 nitrogen and oxygen atoms in total. The fourth-order valence-electron chi connectivity index (χ4n) is 5.10. The lowest BCUT2D eigenvalue weighted by molar-refractivity contribution is -0.126. The average molecular weight is 386 g/mol. The van der Waals surface area contributed by atoms with Gasteiger partial charge in [0, 0.05) is 37.3 Å². The number of fused-ring (bicyclic) bond motifs is 1. The molecule has 3 heterocycles. The molecule has 3 atom stereocenters. The Labute approximate surface area is 167 Å². The Kier molecular flexibility index (Phi) is 5.85. The number of rotatable bonds is 5. The highest BCUT2D eigenvalue weighted by atomic mass is 16.5. The number of amides is 2. The molecule has 3 aliphatic rings. The van der Waals surface area contributed by atoms with Crippen LogP contribution < -0.4 is 15.0 Å². The maximum atomic E-state index is 12.8. The van der Waals surface area contributed by atoms with Crippen LogP contribution >= 0.6 is 0 Å². The highest BCUT2D eigenvalue weighted by Gasteiger charge is 2.37. The quantitative estimate of drug-likeness (QED) is 0.846. The highest BCUT2D eigenvalue weighted by Crippen LogP contribution is 2.31. The zero-order valence-corrected chi connectivity index (χ0v) is 16.7. The number of carbonyl (C=O) groups is 2. The van der Waals surface area contributed by atoms with E-state index in [-0.39, 0.29) is 24.2 Å². The smallest absolute Gasteiger partial charge is 0.227 e. The van der Waals surface area contributed by atoms with E-state index < -0.39 is 0 Å². The highest BCUT2D eigenvalue weighted by molar-refractivity contribution is 6.00. The summed E-state index contributed by atoms with van der Waals surface area (Å²) in [6, 6.07) is 8.08. The number of benzene rings is 1. The standard InChI is InChI=1S/C22H31N3O3/c1-28-19-8-4-7-18(13-19)25-15-17(12-21(25)26)22(27)23-14-16-6-5-11-24-10-3-2-9-20(16)24/h4,7-8,13,16-17,20H,2-3,5-6,9-12,14-15H2,1H3,(H,23,27)/t16-,17-,20-/m0/s1. The summed E-state index contributed by atoms with van der Waals surface area (Å²) in [5, 5.41) is 3.17. The van der Waals surface area contributed by atoms with E-state index >= 15 is 0 Å². The van der Waals surface area contributed by atoms with Gasteiger partial charge in [0.1, 0.15) is 5.75 Å². The normalized spacial score (nSPS) is 28.1. The minimum absolute atomic E-state index is 0.00419. The van der Waals surface area contributed by atoms with Gasteiger partial charge >= 0.3 is 0 Å². The van der Waals surface area contributed by atoms with E-state index in [0.717, 1.165) is 12.2 Å². The van der Waals surface area contributed by atoms with Gasteiger partial charge in [-0.25, -0.2) is 0 Å². The third-order valence-corrected chi connectivity index (χ3v) is 6.63. The Morgan fingerprint density at radius 2 is 2.07 bits per heavy atom. The zero-order valence-electron chi connectivity index (χ0n) is 16.7. The monoisotopic (exact) mass is 385 g/mol. The average Bonchev–Trinajstić information content (AvgIpc) is 3.13. The van der Waals surface area contributed by atoms with Crippen molar-refractivity contribution in [2.45, 2.75) is 44.6 Å². The lowest BCUT2D eigenvalue weighted by Crippen LogP contribution is -2.51. The van der Waals surface area contributed by atoms with Gasteiger partial charge in [0.25, 0.3) is 0 Å². The lowest BCUT2D eigenvalue weighted by atomic mass is 9.83. The summed E-state index contributed by atoms with van der Waals surface area (Å²) in [7, 11) is 1.61. The van der Waals surface area contributed by atoms with Crippen molar-refractivity contribution >= 4 is 17.5 Å². The summed E-state index contributed by atoms with van der Waals surface area (Å²) >= 11 is 0. The first-order chi connectivity index (χ1) is 13.7. The van der Waals surface area contributed by atoms with Gasteiger partial charge in [0.15, 0.2) is 0 Å². The molecule has 0 saturated carbocycles. The largest absolute Gasteiger partial charge is 0.497 e. The van der Waals surface area contributed by atoms with Crippen LogP contribution in [0.4, 0.5) is 5.69 Å². The second-order valence-corrected chi connectivity index (χ2v) is 8.35. The summed E-state index contributed by atoms with van der Waals surface area (Å²) in [4.78, 5) is 29.6. The second-order valence-electron chi connectivity index (χ2n) is 8.35. The molecule has 0 aliphatic carbocycles. The third-order valence-electron chi connectivity index (χ3n) is 6.63. The molecule has 1 N–H and O–H groups in total. The van der Waals surface area contributed by atoms with Gasteiger partial charge in [-0.15, -0.1) is 0 Å². The van der Waals surface area contributed by atoms with Crippen LogP contribution in [0.3, 0.4) is 0 Å². The molecule has 4 rings (SSSR count). The molecule has 152 valence electrons. The van der Waals surface area contributed by atoms with Gasteiger partial charge < -0.3 is 19.9 Å². The van der Waals surface area contributed by atoms with Crippen molar-refractivity contribution < 1.29 is 14.3 Å². The van der Waals surface area contributed by atoms with E-state index in [1.54, 1.807) is 12.0 Å². The van der Waals surface area contributed by atoms with Crippen molar-refractivity contribution in [1.82, 2.24) is 10.2 Å². The summed E-state index contributed by atoms with van der Waals surface area (Å²) in [6.45, 7) is 3.60. The Bertz CT molecular complexity index is 721. The summed E-state index contributed by atoms with van der Waals surface area (Å²) in [6.07, 6.45) is 6.57. The van der Waals surface area contributed by atoms with Crippen molar-refractivity contribution in [3.05, 3.63) is 24.3 Å². The molecule has 1 aromatic rings. The molecule has 0 aromatic heterocycles. The third kappa shape index (κ3) is 4.02. The Hall–Kier alpha value is -2.08. The fourth-order valence-corrected chi connectivity index (χ4v) is 5.10. The Morgan fingerprint density at radius 1 is 1.21 bits per heavy atom. The molecule has 2 amide bonds. The second kappa shape index (κ2) is 8.52. The van der Waals surface area contributed by atoms with Gasteiger partial charge in [0.05, 0.1) is 13.0 Å². The van der Waals surface area contributed by atoms with E-state index in [0.29, 0.717) is 24.3 Å². The summed E-state index contributed by atoms with van der Waals surface area (Å²) in [5.41, 5.74) is 0.796. The van der Waals surface area contributed by atoms with Crippen LogP contribution in [0.1, 0.15) is 38.5 Å². The number of piperidine rings is 2. The van der Waals surface area contributed by atoms with Crippen LogP contribution in [0.2, 0.25) is 0 Å². The van der Waals surface area contributed by atoms with Crippen molar-refractivity contribution in [2.75, 3.05) is 38.2 Å². The number of nitrogens with zero attached hydrogens (tertiary/aromatic N) is 2. The van der Waals surface area contributed by atoms with E-state index in [1.165, 1.54) is 45.2 Å². The fraction of sp³-hybridized carbons (Fsp3) is 0.636. The van der Waals surface area contributed by atoms with Gasteiger partial charge in [-0.1, -0.05) is 12.5 Å². The molecule has 3 aliphatic heterocycles. The minimum Gasteiger partial charge on any atom is -0.497 e. The van der Waals surface area contributed by atoms with Crippen LogP contribution in [0.15, 0.2) is 24.3 Å². The van der Waals surface area contributed by atoms with E-state index in [4.69, 9.17) is 4.74 Å². The molecule has 0 spiro atoms. The van der Waals surface area contributed by atoms with Crippen molar-refractivity contribution in [2.24, 2.45) is 11.8 Å². The predicted octanol–water partition coefficient (Wildman–Crippen LogP) is 2.43. The first kappa shape index (κ1) is 19.2. The first-order valence-corrected chi connectivity index (χ1v) is 10.6. The molecule has 6 heteroatoms. The number of methoxy groups -OCH3 is 1. The van der Waals surface area contributed by atoms with Crippen LogP contribution in [-0.2, 0) is 9.59 Å². The Morgan fingerprint density at radius 3 is 2.93 bits per heavy atom. The van der Waals surface area contributed by atoms with Crippen LogP contribution in [0.25, 0.3) is 0 Å². The maximum Gasteiger partial charge on any atom is 0.227 e. The van der Waals surface area contributed by atoms with E-state index in [9.17, 15) is 9.59 Å². The zero-order chi connectivity index (χ0) is 19.5. The van der Waals surface area contributed by atoms with Crippen molar-refractivity contribution in [1.29, 1.82) is 0 Å². The molecule has 28 heavy (non-hydrogen) atoms. The summed E-state index contributed by atoms with van der Waals surface area (Å²) < 4.78 is 5.25. The van der Waals surface area contributed by atoms with Crippen molar-refractivity contribution in [3.8, 4) is 5.75 Å². The van der Waals surface area contributed by atoms with Gasteiger partial charge in [-0.3, -0.25) is 9.59 Å². The molecular weight excluding hydrogens is 354 g/mol. The van der Waals surface area contributed by atoms with Gasteiger partial charge in [-0.05, 0) is 56.8 Å². The maximum absolute atomic E-state index is 12.8. The number of hydrogen-bond acceptors (Lipinski definition) is 4. The topological polar surface area (TPSA) is 61.9 Å². The predicted molar refractivity (Wildman–Crippen MR) is 108 cm³/mol. The number of nitrogens with one attached hydrogen (secondary N) is 1. The number of hydrogen-bond donors (Lipinski definition) is 1. The van der Waals surface area contributed by atoms with E-state index in [2.05, 4.69) is 10.2 Å². The molecule has 0 bridgehead atoms. The van der Waals surface area contributed by atoms with Crippen LogP contribution in [-0.4, -0.2) is 56.0 Å². The Balaban J connectivity index is 1.33. The number of anilines is 1. The van der Waals surface area contributed by atoms with E-state index in [1.807, 2.05) is 24.3 Å². The lowest BCUT2D eigenvalue weighted by Gasteiger charge is -2.44. The minimum atomic E-state index is -0.273. The van der Waals surface area contributed by atoms with Gasteiger partial charge in [0.2, 0.25) is 11.8 Å². The molecular formula is C22H31N3O3. The molecule has 1 aromatic carbocycles. The first-order valence-electron chi connectivity index (χ1n) is 10.6. The molecule has 3 saturated heterocycles. The molecule has 3 fully saturated rings. The summed E-state index contributed by atoms with van der Waals surface area (Å²) in [5.74, 6) is 1.01. The van der Waals surface area contributed by atoms with Gasteiger partial charge in [-0.2, -0.15) is 0 Å². The van der Waals surface area contributed by atoms with Crippen LogP contribution in [0, 0.1) is 11.8 Å². The molecule has 0 radical (unpaired) electrons. The van der Waals surface area contributed by atoms with Crippen LogP contribution in [0.5, 0.6) is 5.75 Å². The molecule has 0 unspecified atom stereocenters.